The monoisotopic (exact) mass is 303 g/mol. The first kappa shape index (κ1) is 16.5. The van der Waals surface area contributed by atoms with Crippen LogP contribution in [0.2, 0.25) is 0 Å². The minimum atomic E-state index is -0.538. The molecule has 3 N–H and O–H groups in total. The van der Waals surface area contributed by atoms with Gasteiger partial charge in [0.2, 0.25) is 5.91 Å². The molecule has 1 aromatic carbocycles. The van der Waals surface area contributed by atoms with Crippen LogP contribution in [0.3, 0.4) is 0 Å². The third-order valence-corrected chi connectivity index (χ3v) is 4.27. The second-order valence-corrected chi connectivity index (χ2v) is 6.48. The number of amides is 2. The summed E-state index contributed by atoms with van der Waals surface area (Å²) in [5.74, 6) is 0.549. The fraction of sp³-hybridized carbons (Fsp3) is 0.529. The van der Waals surface area contributed by atoms with Gasteiger partial charge in [0.15, 0.2) is 0 Å². The summed E-state index contributed by atoms with van der Waals surface area (Å²) < 4.78 is 0. The van der Waals surface area contributed by atoms with Crippen molar-refractivity contribution in [3.05, 3.63) is 29.8 Å². The van der Waals surface area contributed by atoms with E-state index in [-0.39, 0.29) is 11.9 Å². The molecular weight excluding hydrogens is 278 g/mol. The molecule has 1 heterocycles. The van der Waals surface area contributed by atoms with Crippen molar-refractivity contribution in [2.45, 2.75) is 33.2 Å². The summed E-state index contributed by atoms with van der Waals surface area (Å²) >= 11 is 0. The van der Waals surface area contributed by atoms with E-state index >= 15 is 0 Å². The molecule has 120 valence electrons. The average molecular weight is 303 g/mol. The van der Waals surface area contributed by atoms with Gasteiger partial charge in [-0.3, -0.25) is 14.5 Å². The molecule has 1 saturated heterocycles. The van der Waals surface area contributed by atoms with Crippen molar-refractivity contribution in [3.8, 4) is 0 Å². The molecule has 0 aromatic heterocycles. The number of anilines is 1. The summed E-state index contributed by atoms with van der Waals surface area (Å²) in [5, 5.41) is 2.84. The molecule has 0 spiro atoms. The fourth-order valence-corrected chi connectivity index (χ4v) is 3.24. The highest BCUT2D eigenvalue weighted by Crippen LogP contribution is 2.23. The highest BCUT2D eigenvalue weighted by molar-refractivity contribution is 6.04. The van der Waals surface area contributed by atoms with Crippen LogP contribution < -0.4 is 11.1 Å². The standard InChI is InChI=1S/C17H25N3O2/c1-11-8-12(2)10-20(9-11)13(3)17(22)19-15-7-5-4-6-14(15)16(18)21/h4-7,11-13H,8-10H2,1-3H3,(H2,18,21)(H,19,22)/t11-,12+,13-/m0/s1. The van der Waals surface area contributed by atoms with Crippen LogP contribution in [0.15, 0.2) is 24.3 Å². The highest BCUT2D eigenvalue weighted by Gasteiger charge is 2.29. The Morgan fingerprint density at radius 2 is 1.82 bits per heavy atom. The van der Waals surface area contributed by atoms with Crippen LogP contribution in [0.1, 0.15) is 37.6 Å². The van der Waals surface area contributed by atoms with Crippen LogP contribution in [-0.2, 0) is 4.79 Å². The number of primary amides is 1. The number of nitrogens with two attached hydrogens (primary N) is 1. The topological polar surface area (TPSA) is 75.4 Å². The van der Waals surface area contributed by atoms with Crippen molar-refractivity contribution in [1.82, 2.24) is 4.90 Å². The largest absolute Gasteiger partial charge is 0.366 e. The van der Waals surface area contributed by atoms with Crippen molar-refractivity contribution in [2.75, 3.05) is 18.4 Å². The van der Waals surface area contributed by atoms with Gasteiger partial charge in [0.1, 0.15) is 0 Å². The summed E-state index contributed by atoms with van der Waals surface area (Å²) in [5.41, 5.74) is 6.16. The molecule has 3 atom stereocenters. The SMILES string of the molecule is C[C@@H]1C[C@H](C)CN([C@@H](C)C(=O)Nc2ccccc2C(N)=O)C1. The van der Waals surface area contributed by atoms with Crippen molar-refractivity contribution in [1.29, 1.82) is 0 Å². The fourth-order valence-electron chi connectivity index (χ4n) is 3.24. The van der Waals surface area contributed by atoms with Crippen molar-refractivity contribution >= 4 is 17.5 Å². The van der Waals surface area contributed by atoms with Gasteiger partial charge in [-0.2, -0.15) is 0 Å². The van der Waals surface area contributed by atoms with Gasteiger partial charge in [0, 0.05) is 13.1 Å². The number of piperidine rings is 1. The van der Waals surface area contributed by atoms with Gasteiger partial charge in [0.05, 0.1) is 17.3 Å². The van der Waals surface area contributed by atoms with E-state index in [1.807, 2.05) is 6.92 Å². The van der Waals surface area contributed by atoms with E-state index in [1.165, 1.54) is 6.42 Å². The number of hydrogen-bond acceptors (Lipinski definition) is 3. The smallest absolute Gasteiger partial charge is 0.250 e. The van der Waals surface area contributed by atoms with Crippen LogP contribution in [0.5, 0.6) is 0 Å². The summed E-state index contributed by atoms with van der Waals surface area (Å²) in [6.45, 7) is 8.20. The number of benzene rings is 1. The van der Waals surface area contributed by atoms with Gasteiger partial charge in [0.25, 0.3) is 5.91 Å². The number of para-hydroxylation sites is 1. The second-order valence-electron chi connectivity index (χ2n) is 6.48. The first-order valence-corrected chi connectivity index (χ1v) is 7.82. The molecular formula is C17H25N3O2. The Kier molecular flexibility index (Phi) is 5.19. The zero-order valence-corrected chi connectivity index (χ0v) is 13.5. The Morgan fingerprint density at radius 3 is 2.41 bits per heavy atom. The number of rotatable bonds is 4. The maximum atomic E-state index is 12.5. The van der Waals surface area contributed by atoms with E-state index in [2.05, 4.69) is 24.1 Å². The molecule has 2 rings (SSSR count). The Morgan fingerprint density at radius 1 is 1.23 bits per heavy atom. The maximum Gasteiger partial charge on any atom is 0.250 e. The highest BCUT2D eigenvalue weighted by atomic mass is 16.2. The Balaban J connectivity index is 2.07. The van der Waals surface area contributed by atoms with Crippen LogP contribution in [0.25, 0.3) is 0 Å². The molecule has 5 nitrogen and oxygen atoms in total. The number of carbonyl (C=O) groups is 2. The molecule has 2 amide bonds. The zero-order chi connectivity index (χ0) is 16.3. The number of likely N-dealkylation sites (tertiary alicyclic amines) is 1. The van der Waals surface area contributed by atoms with E-state index in [9.17, 15) is 9.59 Å². The van der Waals surface area contributed by atoms with Crippen molar-refractivity contribution < 1.29 is 9.59 Å². The molecule has 0 saturated carbocycles. The van der Waals surface area contributed by atoms with E-state index in [0.29, 0.717) is 23.1 Å². The third-order valence-electron chi connectivity index (χ3n) is 4.27. The van der Waals surface area contributed by atoms with Crippen molar-refractivity contribution in [2.24, 2.45) is 17.6 Å². The molecule has 0 aliphatic carbocycles. The van der Waals surface area contributed by atoms with Gasteiger partial charge < -0.3 is 11.1 Å². The van der Waals surface area contributed by atoms with E-state index in [4.69, 9.17) is 5.73 Å². The van der Waals surface area contributed by atoms with Gasteiger partial charge in [-0.1, -0.05) is 26.0 Å². The van der Waals surface area contributed by atoms with E-state index in [1.54, 1.807) is 24.3 Å². The lowest BCUT2D eigenvalue weighted by Crippen LogP contribution is -2.48. The lowest BCUT2D eigenvalue weighted by atomic mass is 9.91. The summed E-state index contributed by atoms with van der Waals surface area (Å²) in [4.78, 5) is 26.1. The Bertz CT molecular complexity index is 549. The minimum Gasteiger partial charge on any atom is -0.366 e. The van der Waals surface area contributed by atoms with E-state index < -0.39 is 5.91 Å². The van der Waals surface area contributed by atoms with E-state index in [0.717, 1.165) is 13.1 Å². The predicted octanol–water partition coefficient (Wildman–Crippen LogP) is 2.09. The molecule has 0 unspecified atom stereocenters. The van der Waals surface area contributed by atoms with Crippen molar-refractivity contribution in [3.63, 3.8) is 0 Å². The van der Waals surface area contributed by atoms with Crippen LogP contribution in [-0.4, -0.2) is 35.8 Å². The minimum absolute atomic E-state index is 0.102. The normalized spacial score (nSPS) is 23.8. The van der Waals surface area contributed by atoms with Gasteiger partial charge in [-0.25, -0.2) is 0 Å². The van der Waals surface area contributed by atoms with Crippen LogP contribution in [0, 0.1) is 11.8 Å². The number of hydrogen-bond donors (Lipinski definition) is 2. The first-order valence-electron chi connectivity index (χ1n) is 7.82. The predicted molar refractivity (Wildman–Crippen MR) is 87.6 cm³/mol. The maximum absolute atomic E-state index is 12.5. The zero-order valence-electron chi connectivity index (χ0n) is 13.5. The molecule has 1 fully saturated rings. The first-order chi connectivity index (χ1) is 10.4. The quantitative estimate of drug-likeness (QED) is 0.894. The molecule has 22 heavy (non-hydrogen) atoms. The number of carbonyl (C=O) groups excluding carboxylic acids is 2. The van der Waals surface area contributed by atoms with Gasteiger partial charge >= 0.3 is 0 Å². The number of nitrogens with one attached hydrogen (secondary N) is 1. The molecule has 0 radical (unpaired) electrons. The summed E-state index contributed by atoms with van der Waals surface area (Å²) in [6, 6.07) is 6.59. The van der Waals surface area contributed by atoms with Gasteiger partial charge in [-0.15, -0.1) is 0 Å². The molecule has 1 aromatic rings. The second kappa shape index (κ2) is 6.92. The number of nitrogens with zero attached hydrogens (tertiary/aromatic N) is 1. The Hall–Kier alpha value is -1.88. The third kappa shape index (κ3) is 3.85. The lowest BCUT2D eigenvalue weighted by Gasteiger charge is -2.38. The molecule has 1 aliphatic rings. The molecule has 5 heteroatoms. The summed E-state index contributed by atoms with van der Waals surface area (Å²) in [6.07, 6.45) is 1.20. The Labute approximate surface area is 131 Å². The lowest BCUT2D eigenvalue weighted by molar-refractivity contribution is -0.121. The van der Waals surface area contributed by atoms with Gasteiger partial charge in [-0.05, 0) is 37.3 Å². The molecule has 1 aliphatic heterocycles. The molecule has 0 bridgehead atoms. The van der Waals surface area contributed by atoms with Crippen LogP contribution in [0.4, 0.5) is 5.69 Å². The van der Waals surface area contributed by atoms with Crippen LogP contribution >= 0.6 is 0 Å². The average Bonchev–Trinajstić information content (AvgIpc) is 2.45. The summed E-state index contributed by atoms with van der Waals surface area (Å²) in [7, 11) is 0.